The fourth-order valence-electron chi connectivity index (χ4n) is 3.95. The van der Waals surface area contributed by atoms with Gasteiger partial charge in [0.25, 0.3) is 5.69 Å². The van der Waals surface area contributed by atoms with Gasteiger partial charge in [0.1, 0.15) is 0 Å². The molecule has 6 nitrogen and oxygen atoms in total. The van der Waals surface area contributed by atoms with Crippen molar-refractivity contribution in [3.8, 4) is 0 Å². The van der Waals surface area contributed by atoms with Crippen molar-refractivity contribution in [2.75, 3.05) is 5.32 Å². The molecule has 3 atom stereocenters. The molecule has 126 valence electrons. The first-order valence-corrected chi connectivity index (χ1v) is 8.08. The molecule has 0 saturated carbocycles. The molecule has 0 spiro atoms. The van der Waals surface area contributed by atoms with Crippen molar-refractivity contribution < 1.29 is 14.8 Å². The highest BCUT2D eigenvalue weighted by molar-refractivity contribution is 5.87. The SMILES string of the molecule is O=C([O-])c1ccc2c(c1)C1C=CCC1C(c1ccccc1[N+](=O)[O-])N2. The lowest BCUT2D eigenvalue weighted by Gasteiger charge is -2.37. The van der Waals surface area contributed by atoms with E-state index in [-0.39, 0.29) is 34.1 Å². The van der Waals surface area contributed by atoms with E-state index >= 15 is 0 Å². The number of anilines is 1. The standard InChI is InChI=1S/C19H16N2O4/c22-19(23)11-8-9-16-15(10-11)12-5-3-6-13(12)18(20-16)14-4-1-2-7-17(14)21(24)25/h1-5,7-10,12-13,18,20H,6H2,(H,22,23)/p-1. The van der Waals surface area contributed by atoms with Crippen molar-refractivity contribution >= 4 is 17.3 Å². The molecule has 2 aromatic rings. The number of fused-ring (bicyclic) bond motifs is 3. The lowest BCUT2D eigenvalue weighted by atomic mass is 9.76. The second kappa shape index (κ2) is 5.73. The number of nitrogens with zero attached hydrogens (tertiary/aromatic N) is 1. The molecule has 2 aliphatic rings. The predicted octanol–water partition coefficient (Wildman–Crippen LogP) is 2.78. The van der Waals surface area contributed by atoms with Crippen LogP contribution in [0.25, 0.3) is 0 Å². The van der Waals surface area contributed by atoms with Gasteiger partial charge in [-0.3, -0.25) is 10.1 Å². The number of para-hydroxylation sites is 1. The van der Waals surface area contributed by atoms with Crippen LogP contribution in [-0.4, -0.2) is 10.9 Å². The summed E-state index contributed by atoms with van der Waals surface area (Å²) in [6, 6.07) is 11.4. The minimum absolute atomic E-state index is 0.0281. The van der Waals surface area contributed by atoms with Crippen molar-refractivity contribution in [1.82, 2.24) is 0 Å². The van der Waals surface area contributed by atoms with Crippen LogP contribution in [0.15, 0.2) is 54.6 Å². The molecule has 0 fully saturated rings. The quantitative estimate of drug-likeness (QED) is 0.529. The number of carbonyl (C=O) groups is 1. The van der Waals surface area contributed by atoms with Crippen molar-refractivity contribution in [1.29, 1.82) is 0 Å². The second-order valence-electron chi connectivity index (χ2n) is 6.38. The summed E-state index contributed by atoms with van der Waals surface area (Å²) in [7, 11) is 0. The molecule has 2 aromatic carbocycles. The van der Waals surface area contributed by atoms with Gasteiger partial charge >= 0.3 is 0 Å². The average Bonchev–Trinajstić information content (AvgIpc) is 3.10. The van der Waals surface area contributed by atoms with Crippen LogP contribution < -0.4 is 10.4 Å². The summed E-state index contributed by atoms with van der Waals surface area (Å²) >= 11 is 0. The van der Waals surface area contributed by atoms with Crippen molar-refractivity contribution in [3.63, 3.8) is 0 Å². The average molecular weight is 335 g/mol. The topological polar surface area (TPSA) is 95.3 Å². The molecule has 1 aliphatic heterocycles. The summed E-state index contributed by atoms with van der Waals surface area (Å²) in [6.45, 7) is 0. The molecule has 3 unspecified atom stereocenters. The van der Waals surface area contributed by atoms with E-state index < -0.39 is 5.97 Å². The first kappa shape index (κ1) is 15.4. The molecule has 0 aromatic heterocycles. The van der Waals surface area contributed by atoms with Crippen LogP contribution in [0.3, 0.4) is 0 Å². The first-order valence-electron chi connectivity index (χ1n) is 8.08. The van der Waals surface area contributed by atoms with E-state index in [1.807, 2.05) is 0 Å². The third kappa shape index (κ3) is 2.46. The van der Waals surface area contributed by atoms with Crippen LogP contribution in [0.4, 0.5) is 11.4 Å². The van der Waals surface area contributed by atoms with E-state index in [0.717, 1.165) is 17.7 Å². The van der Waals surface area contributed by atoms with Gasteiger partial charge in [0.15, 0.2) is 0 Å². The van der Waals surface area contributed by atoms with Gasteiger partial charge < -0.3 is 15.2 Å². The number of aromatic carboxylic acids is 1. The maximum absolute atomic E-state index is 11.4. The van der Waals surface area contributed by atoms with Crippen molar-refractivity contribution in [2.45, 2.75) is 18.4 Å². The Bertz CT molecular complexity index is 906. The third-order valence-electron chi connectivity index (χ3n) is 5.07. The number of hydrogen-bond acceptors (Lipinski definition) is 5. The molecular weight excluding hydrogens is 320 g/mol. The number of benzene rings is 2. The molecule has 25 heavy (non-hydrogen) atoms. The van der Waals surface area contributed by atoms with Crippen LogP contribution in [0, 0.1) is 16.0 Å². The Morgan fingerprint density at radius 2 is 1.96 bits per heavy atom. The highest BCUT2D eigenvalue weighted by Gasteiger charge is 2.40. The van der Waals surface area contributed by atoms with Gasteiger partial charge in [0.05, 0.1) is 22.5 Å². The minimum atomic E-state index is -1.21. The van der Waals surface area contributed by atoms with Gasteiger partial charge in [-0.05, 0) is 35.6 Å². The Labute approximate surface area is 144 Å². The molecule has 0 radical (unpaired) electrons. The second-order valence-corrected chi connectivity index (χ2v) is 6.38. The van der Waals surface area contributed by atoms with Crippen molar-refractivity contribution in [2.24, 2.45) is 5.92 Å². The van der Waals surface area contributed by atoms with Crippen LogP contribution in [-0.2, 0) is 0 Å². The smallest absolute Gasteiger partial charge is 0.274 e. The molecular formula is C19H15N2O4-. The summed E-state index contributed by atoms with van der Waals surface area (Å²) in [5.74, 6) is -1.08. The van der Waals surface area contributed by atoms with Crippen LogP contribution >= 0.6 is 0 Å². The fourth-order valence-corrected chi connectivity index (χ4v) is 3.95. The highest BCUT2D eigenvalue weighted by Crippen LogP contribution is 2.51. The van der Waals surface area contributed by atoms with Gasteiger partial charge in [-0.1, -0.05) is 36.4 Å². The Hall–Kier alpha value is -3.15. The van der Waals surface area contributed by atoms with Crippen molar-refractivity contribution in [3.05, 3.63) is 81.4 Å². The summed E-state index contributed by atoms with van der Waals surface area (Å²) < 4.78 is 0. The summed E-state index contributed by atoms with van der Waals surface area (Å²) in [5.41, 5.74) is 2.60. The van der Waals surface area contributed by atoms with E-state index in [4.69, 9.17) is 0 Å². The summed E-state index contributed by atoms with van der Waals surface area (Å²) in [6.07, 6.45) is 4.90. The molecule has 1 aliphatic carbocycles. The predicted molar refractivity (Wildman–Crippen MR) is 90.2 cm³/mol. The van der Waals surface area contributed by atoms with Gasteiger partial charge in [0, 0.05) is 17.7 Å². The van der Waals surface area contributed by atoms with Gasteiger partial charge in [-0.15, -0.1) is 0 Å². The molecule has 0 saturated heterocycles. The minimum Gasteiger partial charge on any atom is -0.545 e. The number of nitro groups is 1. The van der Waals surface area contributed by atoms with Crippen LogP contribution in [0.1, 0.15) is 39.9 Å². The number of carboxylic acids is 1. The van der Waals surface area contributed by atoms with Crippen LogP contribution in [0.5, 0.6) is 0 Å². The van der Waals surface area contributed by atoms with E-state index in [1.54, 1.807) is 30.3 Å². The maximum Gasteiger partial charge on any atom is 0.274 e. The zero-order chi connectivity index (χ0) is 17.6. The number of carbonyl (C=O) groups excluding carboxylic acids is 1. The summed E-state index contributed by atoms with van der Waals surface area (Å²) in [5, 5.41) is 26.0. The fraction of sp³-hybridized carbons (Fsp3) is 0.211. The zero-order valence-corrected chi connectivity index (χ0v) is 13.2. The molecule has 0 bridgehead atoms. The highest BCUT2D eigenvalue weighted by atomic mass is 16.6. The van der Waals surface area contributed by atoms with Crippen LogP contribution in [0.2, 0.25) is 0 Å². The van der Waals surface area contributed by atoms with Gasteiger partial charge in [-0.25, -0.2) is 0 Å². The first-order chi connectivity index (χ1) is 12.1. The lowest BCUT2D eigenvalue weighted by molar-refractivity contribution is -0.385. The third-order valence-corrected chi connectivity index (χ3v) is 5.07. The Morgan fingerprint density at radius 1 is 1.16 bits per heavy atom. The molecule has 0 amide bonds. The van der Waals surface area contributed by atoms with E-state index in [9.17, 15) is 20.0 Å². The normalized spacial score (nSPS) is 23.4. The summed E-state index contributed by atoms with van der Waals surface area (Å²) in [4.78, 5) is 22.2. The van der Waals surface area contributed by atoms with Gasteiger partial charge in [0.2, 0.25) is 0 Å². The Kier molecular flexibility index (Phi) is 3.53. The van der Waals surface area contributed by atoms with E-state index in [1.165, 1.54) is 12.1 Å². The Morgan fingerprint density at radius 3 is 2.72 bits per heavy atom. The largest absolute Gasteiger partial charge is 0.545 e. The molecule has 6 heteroatoms. The number of nitro benzene ring substituents is 1. The molecule has 1 N–H and O–H groups in total. The number of rotatable bonds is 3. The maximum atomic E-state index is 11.4. The Balaban J connectivity index is 1.81. The zero-order valence-electron chi connectivity index (χ0n) is 13.2. The van der Waals surface area contributed by atoms with E-state index in [2.05, 4.69) is 17.5 Å². The van der Waals surface area contributed by atoms with E-state index in [0.29, 0.717) is 5.56 Å². The molecule has 4 rings (SSSR count). The lowest BCUT2D eigenvalue weighted by Crippen LogP contribution is -2.30. The molecule has 1 heterocycles. The number of allylic oxidation sites excluding steroid dienone is 2. The number of hydrogen-bond donors (Lipinski definition) is 1. The number of nitrogens with one attached hydrogen (secondary N) is 1. The monoisotopic (exact) mass is 335 g/mol. The number of carboxylic acid groups (broad SMARTS) is 1. The van der Waals surface area contributed by atoms with Gasteiger partial charge in [-0.2, -0.15) is 0 Å².